The topological polar surface area (TPSA) is 32.3 Å². The van der Waals surface area contributed by atoms with Crippen molar-refractivity contribution in [2.45, 2.75) is 45.6 Å². The summed E-state index contributed by atoms with van der Waals surface area (Å²) in [6, 6.07) is 7.87. The van der Waals surface area contributed by atoms with Gasteiger partial charge in [0.15, 0.2) is 0 Å². The second-order valence-electron chi connectivity index (χ2n) is 4.18. The third-order valence-corrected chi connectivity index (χ3v) is 2.89. The first-order chi connectivity index (χ1) is 7.79. The van der Waals surface area contributed by atoms with Crippen molar-refractivity contribution in [2.75, 3.05) is 6.54 Å². The maximum absolute atomic E-state index is 9.77. The van der Waals surface area contributed by atoms with Crippen LogP contribution in [0.3, 0.4) is 0 Å². The highest BCUT2D eigenvalue weighted by Crippen LogP contribution is 2.25. The van der Waals surface area contributed by atoms with E-state index in [1.807, 2.05) is 18.2 Å². The van der Waals surface area contributed by atoms with Crippen LogP contribution in [-0.4, -0.2) is 11.7 Å². The van der Waals surface area contributed by atoms with Crippen LogP contribution in [0.2, 0.25) is 0 Å². The molecule has 2 nitrogen and oxygen atoms in total. The summed E-state index contributed by atoms with van der Waals surface area (Å²) in [4.78, 5) is 0. The molecule has 0 spiro atoms. The van der Waals surface area contributed by atoms with Gasteiger partial charge in [0.25, 0.3) is 0 Å². The predicted molar refractivity (Wildman–Crippen MR) is 68.7 cm³/mol. The second kappa shape index (κ2) is 7.29. The molecule has 0 heterocycles. The number of hydrogen-bond donors (Lipinski definition) is 2. The van der Waals surface area contributed by atoms with Crippen LogP contribution < -0.4 is 5.32 Å². The van der Waals surface area contributed by atoms with Crippen LogP contribution in [0.25, 0.3) is 0 Å². The first kappa shape index (κ1) is 13.0. The van der Waals surface area contributed by atoms with Gasteiger partial charge in [0.2, 0.25) is 0 Å². The van der Waals surface area contributed by atoms with E-state index < -0.39 is 0 Å². The number of phenolic OH excluding ortho intramolecular Hbond substituents is 1. The fourth-order valence-electron chi connectivity index (χ4n) is 1.91. The molecule has 0 aliphatic rings. The van der Waals surface area contributed by atoms with Crippen molar-refractivity contribution in [3.63, 3.8) is 0 Å². The van der Waals surface area contributed by atoms with E-state index in [4.69, 9.17) is 0 Å². The summed E-state index contributed by atoms with van der Waals surface area (Å²) in [5.74, 6) is 0.400. The van der Waals surface area contributed by atoms with Crippen molar-refractivity contribution >= 4 is 0 Å². The lowest BCUT2D eigenvalue weighted by Gasteiger charge is -2.18. The van der Waals surface area contributed by atoms with Gasteiger partial charge in [-0.1, -0.05) is 44.9 Å². The van der Waals surface area contributed by atoms with E-state index in [9.17, 15) is 5.11 Å². The SMILES string of the molecule is CCCCCNC(CC)c1ccccc1O. The van der Waals surface area contributed by atoms with Gasteiger partial charge < -0.3 is 10.4 Å². The minimum absolute atomic E-state index is 0.276. The van der Waals surface area contributed by atoms with Crippen LogP contribution in [0.5, 0.6) is 5.75 Å². The number of benzene rings is 1. The predicted octanol–water partition coefficient (Wildman–Crippen LogP) is 3.62. The third kappa shape index (κ3) is 3.86. The van der Waals surface area contributed by atoms with E-state index in [0.29, 0.717) is 5.75 Å². The Kier molecular flexibility index (Phi) is 5.94. The number of hydrogen-bond acceptors (Lipinski definition) is 2. The van der Waals surface area contributed by atoms with Gasteiger partial charge in [0, 0.05) is 11.6 Å². The highest BCUT2D eigenvalue weighted by Gasteiger charge is 2.11. The Bertz CT molecular complexity index is 299. The molecule has 0 saturated carbocycles. The molecule has 0 amide bonds. The normalized spacial score (nSPS) is 12.6. The van der Waals surface area contributed by atoms with Crippen LogP contribution in [0, 0.1) is 0 Å². The lowest BCUT2D eigenvalue weighted by Crippen LogP contribution is -2.21. The Hall–Kier alpha value is -1.02. The van der Waals surface area contributed by atoms with Gasteiger partial charge in [-0.05, 0) is 25.5 Å². The molecule has 0 radical (unpaired) electrons. The molecule has 0 aliphatic heterocycles. The monoisotopic (exact) mass is 221 g/mol. The first-order valence-corrected chi connectivity index (χ1v) is 6.30. The summed E-state index contributed by atoms with van der Waals surface area (Å²) in [5.41, 5.74) is 1.02. The third-order valence-electron chi connectivity index (χ3n) is 2.89. The number of para-hydroxylation sites is 1. The Balaban J connectivity index is 2.51. The van der Waals surface area contributed by atoms with Crippen molar-refractivity contribution in [3.05, 3.63) is 29.8 Å². The Labute approximate surface area is 98.7 Å². The van der Waals surface area contributed by atoms with Gasteiger partial charge in [-0.3, -0.25) is 0 Å². The van der Waals surface area contributed by atoms with Gasteiger partial charge >= 0.3 is 0 Å². The summed E-state index contributed by atoms with van der Waals surface area (Å²) in [6.45, 7) is 5.38. The lowest BCUT2D eigenvalue weighted by atomic mass is 10.0. The average molecular weight is 221 g/mol. The molecule has 0 aliphatic carbocycles. The van der Waals surface area contributed by atoms with Gasteiger partial charge in [0.1, 0.15) is 5.75 Å². The molecule has 0 fully saturated rings. The Morgan fingerprint density at radius 3 is 2.56 bits per heavy atom. The molecule has 1 atom stereocenters. The zero-order chi connectivity index (χ0) is 11.8. The molecule has 1 aromatic rings. The fraction of sp³-hybridized carbons (Fsp3) is 0.571. The molecule has 2 heteroatoms. The van der Waals surface area contributed by atoms with Crippen LogP contribution in [-0.2, 0) is 0 Å². The Morgan fingerprint density at radius 2 is 1.94 bits per heavy atom. The molecule has 90 valence electrons. The van der Waals surface area contributed by atoms with Crippen LogP contribution in [0.1, 0.15) is 51.1 Å². The molecule has 0 aromatic heterocycles. The van der Waals surface area contributed by atoms with E-state index in [0.717, 1.165) is 18.5 Å². The standard InChI is InChI=1S/C14H23NO/c1-3-5-8-11-15-13(4-2)12-9-6-7-10-14(12)16/h6-7,9-10,13,15-16H,3-5,8,11H2,1-2H3. The van der Waals surface area contributed by atoms with E-state index in [1.54, 1.807) is 6.07 Å². The van der Waals surface area contributed by atoms with E-state index >= 15 is 0 Å². The van der Waals surface area contributed by atoms with E-state index in [-0.39, 0.29) is 6.04 Å². The van der Waals surface area contributed by atoms with Crippen LogP contribution in [0.4, 0.5) is 0 Å². The Morgan fingerprint density at radius 1 is 1.19 bits per heavy atom. The van der Waals surface area contributed by atoms with E-state index in [1.165, 1.54) is 19.3 Å². The number of unbranched alkanes of at least 4 members (excludes halogenated alkanes) is 2. The average Bonchev–Trinajstić information content (AvgIpc) is 2.31. The largest absolute Gasteiger partial charge is 0.508 e. The summed E-state index contributed by atoms with van der Waals surface area (Å²) >= 11 is 0. The lowest BCUT2D eigenvalue weighted by molar-refractivity contribution is 0.438. The summed E-state index contributed by atoms with van der Waals surface area (Å²) in [5, 5.41) is 13.3. The molecular formula is C14H23NO. The number of phenols is 1. The zero-order valence-corrected chi connectivity index (χ0v) is 10.4. The molecule has 16 heavy (non-hydrogen) atoms. The number of rotatable bonds is 7. The highest BCUT2D eigenvalue weighted by atomic mass is 16.3. The minimum Gasteiger partial charge on any atom is -0.508 e. The second-order valence-corrected chi connectivity index (χ2v) is 4.18. The first-order valence-electron chi connectivity index (χ1n) is 6.30. The van der Waals surface area contributed by atoms with Crippen molar-refractivity contribution in [1.29, 1.82) is 0 Å². The molecule has 1 aromatic carbocycles. The number of nitrogens with one attached hydrogen (secondary N) is 1. The van der Waals surface area contributed by atoms with Gasteiger partial charge in [-0.2, -0.15) is 0 Å². The maximum Gasteiger partial charge on any atom is 0.120 e. The molecule has 0 saturated heterocycles. The summed E-state index contributed by atoms with van der Waals surface area (Å²) < 4.78 is 0. The molecule has 0 bridgehead atoms. The van der Waals surface area contributed by atoms with Crippen molar-refractivity contribution < 1.29 is 5.11 Å². The highest BCUT2D eigenvalue weighted by molar-refractivity contribution is 5.34. The van der Waals surface area contributed by atoms with Gasteiger partial charge in [-0.25, -0.2) is 0 Å². The van der Waals surface area contributed by atoms with Crippen molar-refractivity contribution in [3.8, 4) is 5.75 Å². The van der Waals surface area contributed by atoms with Crippen molar-refractivity contribution in [1.82, 2.24) is 5.32 Å². The quantitative estimate of drug-likeness (QED) is 0.689. The fourth-order valence-corrected chi connectivity index (χ4v) is 1.91. The van der Waals surface area contributed by atoms with Crippen LogP contribution in [0.15, 0.2) is 24.3 Å². The molecule has 1 unspecified atom stereocenters. The molecule has 2 N–H and O–H groups in total. The van der Waals surface area contributed by atoms with Gasteiger partial charge in [0.05, 0.1) is 0 Å². The van der Waals surface area contributed by atoms with Gasteiger partial charge in [-0.15, -0.1) is 0 Å². The maximum atomic E-state index is 9.77. The molecule has 1 rings (SSSR count). The van der Waals surface area contributed by atoms with E-state index in [2.05, 4.69) is 19.2 Å². The number of aromatic hydroxyl groups is 1. The minimum atomic E-state index is 0.276. The molecular weight excluding hydrogens is 198 g/mol. The summed E-state index contributed by atoms with van der Waals surface area (Å²) in [6.07, 6.45) is 4.73. The van der Waals surface area contributed by atoms with Crippen molar-refractivity contribution in [2.24, 2.45) is 0 Å². The summed E-state index contributed by atoms with van der Waals surface area (Å²) in [7, 11) is 0. The zero-order valence-electron chi connectivity index (χ0n) is 10.4. The smallest absolute Gasteiger partial charge is 0.120 e. The van der Waals surface area contributed by atoms with Crippen LogP contribution >= 0.6 is 0 Å².